The van der Waals surface area contributed by atoms with Crippen molar-refractivity contribution in [3.63, 3.8) is 0 Å². The molecule has 2 aromatic carbocycles. The van der Waals surface area contributed by atoms with E-state index < -0.39 is 0 Å². The number of nitrogens with zero attached hydrogens (tertiary/aromatic N) is 1. The molecule has 0 aromatic heterocycles. The van der Waals surface area contributed by atoms with Crippen LogP contribution < -0.4 is 10.5 Å². The summed E-state index contributed by atoms with van der Waals surface area (Å²) in [5, 5.41) is 0. The topological polar surface area (TPSA) is 38.5 Å². The molecule has 0 aliphatic heterocycles. The zero-order chi connectivity index (χ0) is 16.7. The van der Waals surface area contributed by atoms with Crippen molar-refractivity contribution >= 4 is 5.69 Å². The van der Waals surface area contributed by atoms with Crippen molar-refractivity contribution in [3.05, 3.63) is 59.7 Å². The molecule has 0 heterocycles. The molecular weight excluding hydrogens is 284 g/mol. The van der Waals surface area contributed by atoms with E-state index in [0.29, 0.717) is 12.6 Å². The molecule has 0 aliphatic rings. The third-order valence-corrected chi connectivity index (χ3v) is 4.16. The highest BCUT2D eigenvalue weighted by Gasteiger charge is 2.14. The molecule has 2 N–H and O–H groups in total. The first-order valence-corrected chi connectivity index (χ1v) is 8.43. The average molecular weight is 312 g/mol. The molecule has 23 heavy (non-hydrogen) atoms. The van der Waals surface area contributed by atoms with Crippen LogP contribution in [-0.2, 0) is 13.0 Å². The summed E-state index contributed by atoms with van der Waals surface area (Å²) in [4.78, 5) is 2.49. The minimum absolute atomic E-state index is 0.456. The molecule has 0 bridgehead atoms. The van der Waals surface area contributed by atoms with E-state index in [0.717, 1.165) is 30.9 Å². The van der Waals surface area contributed by atoms with Crippen LogP contribution >= 0.6 is 0 Å². The van der Waals surface area contributed by atoms with Crippen LogP contribution in [0.1, 0.15) is 31.9 Å². The smallest absolute Gasteiger partial charge is 0.142 e. The molecule has 0 spiro atoms. The number of hydrogen-bond acceptors (Lipinski definition) is 3. The van der Waals surface area contributed by atoms with Crippen LogP contribution in [-0.4, -0.2) is 24.1 Å². The Morgan fingerprint density at radius 3 is 2.39 bits per heavy atom. The molecule has 0 saturated heterocycles. The van der Waals surface area contributed by atoms with Gasteiger partial charge < -0.3 is 10.5 Å². The SMILES string of the molecule is CCOc1ccc(CC(C)N(CC)Cc2ccccc2)cc1N. The van der Waals surface area contributed by atoms with Crippen LogP contribution in [0, 0.1) is 0 Å². The van der Waals surface area contributed by atoms with Crippen LogP contribution in [0.25, 0.3) is 0 Å². The van der Waals surface area contributed by atoms with E-state index in [9.17, 15) is 0 Å². The Hall–Kier alpha value is -2.00. The number of hydrogen-bond donors (Lipinski definition) is 1. The quantitative estimate of drug-likeness (QED) is 0.745. The molecule has 0 aliphatic carbocycles. The first-order valence-electron chi connectivity index (χ1n) is 8.43. The van der Waals surface area contributed by atoms with Gasteiger partial charge in [0.1, 0.15) is 5.75 Å². The molecule has 3 nitrogen and oxygen atoms in total. The summed E-state index contributed by atoms with van der Waals surface area (Å²) in [6.45, 7) is 9.11. The van der Waals surface area contributed by atoms with Crippen molar-refractivity contribution in [1.29, 1.82) is 0 Å². The number of rotatable bonds is 8. The van der Waals surface area contributed by atoms with Gasteiger partial charge in [-0.15, -0.1) is 0 Å². The lowest BCUT2D eigenvalue weighted by Gasteiger charge is -2.28. The van der Waals surface area contributed by atoms with Crippen molar-refractivity contribution in [2.24, 2.45) is 0 Å². The zero-order valence-corrected chi connectivity index (χ0v) is 14.5. The predicted molar refractivity (Wildman–Crippen MR) is 97.7 cm³/mol. The lowest BCUT2D eigenvalue weighted by atomic mass is 10.0. The molecule has 0 radical (unpaired) electrons. The predicted octanol–water partition coefficient (Wildman–Crippen LogP) is 4.12. The maximum Gasteiger partial charge on any atom is 0.142 e. The van der Waals surface area contributed by atoms with Crippen molar-refractivity contribution in [2.75, 3.05) is 18.9 Å². The normalized spacial score (nSPS) is 12.3. The van der Waals surface area contributed by atoms with Gasteiger partial charge in [-0.3, -0.25) is 4.90 Å². The van der Waals surface area contributed by atoms with Crippen molar-refractivity contribution < 1.29 is 4.74 Å². The third-order valence-electron chi connectivity index (χ3n) is 4.16. The van der Waals surface area contributed by atoms with Gasteiger partial charge in [-0.25, -0.2) is 0 Å². The first kappa shape index (κ1) is 17.4. The van der Waals surface area contributed by atoms with Gasteiger partial charge in [-0.2, -0.15) is 0 Å². The summed E-state index contributed by atoms with van der Waals surface area (Å²) < 4.78 is 5.51. The number of likely N-dealkylation sites (N-methyl/N-ethyl adjacent to an activating group) is 1. The summed E-state index contributed by atoms with van der Waals surface area (Å²) in [6.07, 6.45) is 0.983. The van der Waals surface area contributed by atoms with E-state index in [1.165, 1.54) is 11.1 Å². The van der Waals surface area contributed by atoms with Gasteiger partial charge in [-0.1, -0.05) is 43.3 Å². The third kappa shape index (κ3) is 5.00. The number of nitrogen functional groups attached to an aromatic ring is 1. The minimum Gasteiger partial charge on any atom is -0.492 e. The second kappa shape index (κ2) is 8.59. The Bertz CT molecular complexity index is 598. The second-order valence-corrected chi connectivity index (χ2v) is 5.91. The fraction of sp³-hybridized carbons (Fsp3) is 0.400. The minimum atomic E-state index is 0.456. The van der Waals surface area contributed by atoms with E-state index in [1.807, 2.05) is 19.1 Å². The van der Waals surface area contributed by atoms with Crippen molar-refractivity contribution in [3.8, 4) is 5.75 Å². The summed E-state index contributed by atoms with van der Waals surface area (Å²) in [5.74, 6) is 0.778. The van der Waals surface area contributed by atoms with E-state index in [4.69, 9.17) is 10.5 Å². The van der Waals surface area contributed by atoms with Crippen LogP contribution in [0.4, 0.5) is 5.69 Å². The molecule has 1 atom stereocenters. The number of anilines is 1. The number of benzene rings is 2. The molecule has 2 aromatic rings. The number of ether oxygens (including phenoxy) is 1. The highest BCUT2D eigenvalue weighted by Crippen LogP contribution is 2.24. The maximum atomic E-state index is 6.08. The maximum absolute atomic E-state index is 6.08. The van der Waals surface area contributed by atoms with Gasteiger partial charge in [0.05, 0.1) is 12.3 Å². The van der Waals surface area contributed by atoms with Crippen LogP contribution in [0.3, 0.4) is 0 Å². The Morgan fingerprint density at radius 1 is 1.04 bits per heavy atom. The molecule has 0 saturated carbocycles. The van der Waals surface area contributed by atoms with E-state index in [1.54, 1.807) is 0 Å². The van der Waals surface area contributed by atoms with Crippen molar-refractivity contribution in [1.82, 2.24) is 4.90 Å². The summed E-state index contributed by atoms with van der Waals surface area (Å²) in [5.41, 5.74) is 9.41. The highest BCUT2D eigenvalue weighted by molar-refractivity contribution is 5.54. The van der Waals surface area contributed by atoms with Crippen LogP contribution in [0.5, 0.6) is 5.75 Å². The number of nitrogens with two attached hydrogens (primary N) is 1. The van der Waals surface area contributed by atoms with Crippen LogP contribution in [0.2, 0.25) is 0 Å². The molecule has 3 heteroatoms. The molecule has 2 rings (SSSR count). The summed E-state index contributed by atoms with van der Waals surface area (Å²) in [6, 6.07) is 17.2. The van der Waals surface area contributed by atoms with Gasteiger partial charge in [0.15, 0.2) is 0 Å². The molecule has 0 amide bonds. The van der Waals surface area contributed by atoms with Gasteiger partial charge in [0, 0.05) is 12.6 Å². The van der Waals surface area contributed by atoms with Crippen LogP contribution in [0.15, 0.2) is 48.5 Å². The molecule has 0 fully saturated rings. The monoisotopic (exact) mass is 312 g/mol. The fourth-order valence-corrected chi connectivity index (χ4v) is 2.88. The largest absolute Gasteiger partial charge is 0.492 e. The first-order chi connectivity index (χ1) is 11.1. The Kier molecular flexibility index (Phi) is 6.48. The Labute approximate surface area is 140 Å². The lowest BCUT2D eigenvalue weighted by Crippen LogP contribution is -2.34. The van der Waals surface area contributed by atoms with Gasteiger partial charge >= 0.3 is 0 Å². The Balaban J connectivity index is 2.01. The van der Waals surface area contributed by atoms with E-state index in [2.05, 4.69) is 55.1 Å². The highest BCUT2D eigenvalue weighted by atomic mass is 16.5. The summed E-state index contributed by atoms with van der Waals surface area (Å²) >= 11 is 0. The lowest BCUT2D eigenvalue weighted by molar-refractivity contribution is 0.209. The van der Waals surface area contributed by atoms with Gasteiger partial charge in [-0.05, 0) is 50.1 Å². The molecule has 1 unspecified atom stereocenters. The zero-order valence-electron chi connectivity index (χ0n) is 14.5. The Morgan fingerprint density at radius 2 is 1.78 bits per heavy atom. The van der Waals surface area contributed by atoms with E-state index in [-0.39, 0.29) is 0 Å². The standard InChI is InChI=1S/C20H28N2O/c1-4-22(15-17-9-7-6-8-10-17)16(3)13-18-11-12-20(23-5-2)19(21)14-18/h6-12,14,16H,4-5,13,15,21H2,1-3H3. The second-order valence-electron chi connectivity index (χ2n) is 5.91. The van der Waals surface area contributed by atoms with E-state index >= 15 is 0 Å². The van der Waals surface area contributed by atoms with Crippen molar-refractivity contribution in [2.45, 2.75) is 39.8 Å². The molecule has 124 valence electrons. The average Bonchev–Trinajstić information content (AvgIpc) is 2.56. The summed E-state index contributed by atoms with van der Waals surface area (Å²) in [7, 11) is 0. The fourth-order valence-electron chi connectivity index (χ4n) is 2.88. The molecular formula is C20H28N2O. The van der Waals surface area contributed by atoms with Gasteiger partial charge in [0.25, 0.3) is 0 Å². The van der Waals surface area contributed by atoms with Gasteiger partial charge in [0.2, 0.25) is 0 Å².